The Morgan fingerprint density at radius 1 is 1.57 bits per heavy atom. The molecule has 0 saturated carbocycles. The van der Waals surface area contributed by atoms with Crippen LogP contribution < -0.4 is 5.69 Å². The van der Waals surface area contributed by atoms with Crippen molar-refractivity contribution in [1.29, 1.82) is 0 Å². The van der Waals surface area contributed by atoms with Crippen molar-refractivity contribution in [3.63, 3.8) is 0 Å². The normalized spacial score (nSPS) is 10.4. The number of hydrogen-bond donors (Lipinski definition) is 1. The first-order valence-electron chi connectivity index (χ1n) is 5.04. The lowest BCUT2D eigenvalue weighted by atomic mass is 10.2. The van der Waals surface area contributed by atoms with E-state index in [9.17, 15) is 4.79 Å². The van der Waals surface area contributed by atoms with Gasteiger partial charge in [0.1, 0.15) is 5.82 Å². The number of allylic oxidation sites excluding steroid dienone is 1. The Bertz CT molecular complexity index is 337. The number of aromatic amines is 1. The van der Waals surface area contributed by atoms with Crippen molar-refractivity contribution in [2.45, 2.75) is 39.2 Å². The average molecular weight is 195 g/mol. The van der Waals surface area contributed by atoms with Crippen molar-refractivity contribution >= 4 is 0 Å². The van der Waals surface area contributed by atoms with Crippen LogP contribution in [0.15, 0.2) is 17.4 Å². The van der Waals surface area contributed by atoms with Gasteiger partial charge in [-0.05, 0) is 6.42 Å². The standard InChI is InChI=1S/C10H17N3O/c1-3-5-6-8-13-10(14)11-9(12-13)7-4-2/h4H,2-3,5-8H2,1H3,(H,11,12,14). The van der Waals surface area contributed by atoms with Gasteiger partial charge in [0.05, 0.1) is 0 Å². The molecule has 0 saturated heterocycles. The topological polar surface area (TPSA) is 50.7 Å². The number of H-pyrrole nitrogens is 1. The van der Waals surface area contributed by atoms with Gasteiger partial charge in [0.2, 0.25) is 0 Å². The molecule has 1 aromatic rings. The van der Waals surface area contributed by atoms with Crippen molar-refractivity contribution in [3.8, 4) is 0 Å². The fourth-order valence-corrected chi connectivity index (χ4v) is 1.30. The molecule has 78 valence electrons. The number of aromatic nitrogens is 3. The Balaban J connectivity index is 2.58. The third-order valence-corrected chi connectivity index (χ3v) is 2.04. The SMILES string of the molecule is C=CCc1nn(CCCCC)c(=O)[nH]1. The van der Waals surface area contributed by atoms with Gasteiger partial charge in [-0.15, -0.1) is 6.58 Å². The van der Waals surface area contributed by atoms with Crippen LogP contribution in [0.5, 0.6) is 0 Å². The molecule has 0 aliphatic heterocycles. The van der Waals surface area contributed by atoms with E-state index in [1.165, 1.54) is 4.68 Å². The minimum atomic E-state index is -0.113. The number of nitrogens with zero attached hydrogens (tertiary/aromatic N) is 2. The van der Waals surface area contributed by atoms with Crippen LogP contribution >= 0.6 is 0 Å². The lowest BCUT2D eigenvalue weighted by molar-refractivity contribution is 0.535. The number of unbranched alkanes of at least 4 members (excludes halogenated alkanes) is 2. The molecule has 1 N–H and O–H groups in total. The van der Waals surface area contributed by atoms with E-state index in [0.29, 0.717) is 18.8 Å². The summed E-state index contributed by atoms with van der Waals surface area (Å²) in [6.45, 7) is 6.44. The highest BCUT2D eigenvalue weighted by Crippen LogP contribution is 1.96. The fourth-order valence-electron chi connectivity index (χ4n) is 1.30. The molecule has 0 amide bonds. The summed E-state index contributed by atoms with van der Waals surface area (Å²) in [6.07, 6.45) is 5.65. The molecule has 4 nitrogen and oxygen atoms in total. The van der Waals surface area contributed by atoms with Gasteiger partial charge in [-0.1, -0.05) is 25.8 Å². The molecule has 0 bridgehead atoms. The van der Waals surface area contributed by atoms with Crippen molar-refractivity contribution in [2.75, 3.05) is 0 Å². The summed E-state index contributed by atoms with van der Waals surface area (Å²) < 4.78 is 1.49. The van der Waals surface area contributed by atoms with E-state index in [1.807, 2.05) is 0 Å². The van der Waals surface area contributed by atoms with Crippen molar-refractivity contribution in [3.05, 3.63) is 29.0 Å². The quantitative estimate of drug-likeness (QED) is 0.552. The van der Waals surface area contributed by atoms with Gasteiger partial charge in [0, 0.05) is 13.0 Å². The van der Waals surface area contributed by atoms with Crippen molar-refractivity contribution in [2.24, 2.45) is 0 Å². The van der Waals surface area contributed by atoms with Gasteiger partial charge in [-0.3, -0.25) is 4.98 Å². The van der Waals surface area contributed by atoms with Crippen molar-refractivity contribution in [1.82, 2.24) is 14.8 Å². The first-order valence-corrected chi connectivity index (χ1v) is 5.04. The minimum Gasteiger partial charge on any atom is -0.292 e. The second kappa shape index (κ2) is 5.42. The summed E-state index contributed by atoms with van der Waals surface area (Å²) in [5.74, 6) is 0.696. The van der Waals surface area contributed by atoms with E-state index in [4.69, 9.17) is 0 Å². The fraction of sp³-hybridized carbons (Fsp3) is 0.600. The van der Waals surface area contributed by atoms with E-state index in [2.05, 4.69) is 23.6 Å². The van der Waals surface area contributed by atoms with Crippen LogP contribution in [0.1, 0.15) is 32.0 Å². The summed E-state index contributed by atoms with van der Waals surface area (Å²) in [5, 5.41) is 4.15. The Hall–Kier alpha value is -1.32. The third kappa shape index (κ3) is 2.87. The Kier molecular flexibility index (Phi) is 4.16. The van der Waals surface area contributed by atoms with E-state index >= 15 is 0 Å². The summed E-state index contributed by atoms with van der Waals surface area (Å²) in [4.78, 5) is 14.0. The predicted octanol–water partition coefficient (Wildman–Crippen LogP) is 1.49. The maximum Gasteiger partial charge on any atom is 0.343 e. The molecule has 1 rings (SSSR count). The molecule has 0 aliphatic rings. The maximum atomic E-state index is 11.3. The smallest absolute Gasteiger partial charge is 0.292 e. The lowest BCUT2D eigenvalue weighted by Gasteiger charge is -1.96. The second-order valence-corrected chi connectivity index (χ2v) is 3.30. The van der Waals surface area contributed by atoms with Gasteiger partial charge < -0.3 is 0 Å². The minimum absolute atomic E-state index is 0.113. The second-order valence-electron chi connectivity index (χ2n) is 3.30. The number of hydrogen-bond acceptors (Lipinski definition) is 2. The molecule has 14 heavy (non-hydrogen) atoms. The zero-order valence-corrected chi connectivity index (χ0v) is 8.62. The van der Waals surface area contributed by atoms with Gasteiger partial charge in [0.15, 0.2) is 0 Å². The van der Waals surface area contributed by atoms with Crippen LogP contribution in [-0.4, -0.2) is 14.8 Å². The highest BCUT2D eigenvalue weighted by molar-refractivity contribution is 4.89. The molecule has 0 fully saturated rings. The van der Waals surface area contributed by atoms with Crippen LogP contribution in [0.2, 0.25) is 0 Å². The van der Waals surface area contributed by atoms with Crippen molar-refractivity contribution < 1.29 is 0 Å². The molecule has 0 aliphatic carbocycles. The molecular weight excluding hydrogens is 178 g/mol. The van der Waals surface area contributed by atoms with Gasteiger partial charge in [0.25, 0.3) is 0 Å². The molecule has 1 aromatic heterocycles. The van der Waals surface area contributed by atoms with Crippen LogP contribution in [-0.2, 0) is 13.0 Å². The Labute approximate surface area is 83.6 Å². The lowest BCUT2D eigenvalue weighted by Crippen LogP contribution is -2.17. The Morgan fingerprint density at radius 3 is 3.00 bits per heavy atom. The highest BCUT2D eigenvalue weighted by atomic mass is 16.1. The molecular formula is C10H17N3O. The van der Waals surface area contributed by atoms with Gasteiger partial charge in [-0.2, -0.15) is 5.10 Å². The zero-order valence-electron chi connectivity index (χ0n) is 8.62. The van der Waals surface area contributed by atoms with E-state index in [1.54, 1.807) is 6.08 Å². The van der Waals surface area contributed by atoms with Gasteiger partial charge >= 0.3 is 5.69 Å². The van der Waals surface area contributed by atoms with E-state index < -0.39 is 0 Å². The summed E-state index contributed by atoms with van der Waals surface area (Å²) in [7, 11) is 0. The zero-order chi connectivity index (χ0) is 10.4. The summed E-state index contributed by atoms with van der Waals surface area (Å²) in [6, 6.07) is 0. The summed E-state index contributed by atoms with van der Waals surface area (Å²) >= 11 is 0. The summed E-state index contributed by atoms with van der Waals surface area (Å²) in [5.41, 5.74) is -0.113. The van der Waals surface area contributed by atoms with Gasteiger partial charge in [-0.25, -0.2) is 9.48 Å². The molecule has 0 atom stereocenters. The van der Waals surface area contributed by atoms with E-state index in [0.717, 1.165) is 19.3 Å². The van der Waals surface area contributed by atoms with Crippen LogP contribution in [0, 0.1) is 0 Å². The molecule has 0 spiro atoms. The average Bonchev–Trinajstić information content (AvgIpc) is 2.48. The van der Waals surface area contributed by atoms with Crippen LogP contribution in [0.4, 0.5) is 0 Å². The first-order chi connectivity index (χ1) is 6.77. The number of rotatable bonds is 6. The molecule has 4 heteroatoms. The first kappa shape index (κ1) is 10.8. The predicted molar refractivity (Wildman–Crippen MR) is 56.3 cm³/mol. The molecule has 0 unspecified atom stereocenters. The monoisotopic (exact) mass is 195 g/mol. The molecule has 0 aromatic carbocycles. The number of aryl methyl sites for hydroxylation is 1. The van der Waals surface area contributed by atoms with Crippen LogP contribution in [0.25, 0.3) is 0 Å². The maximum absolute atomic E-state index is 11.3. The molecule has 0 radical (unpaired) electrons. The Morgan fingerprint density at radius 2 is 2.36 bits per heavy atom. The number of nitrogens with one attached hydrogen (secondary N) is 1. The van der Waals surface area contributed by atoms with E-state index in [-0.39, 0.29) is 5.69 Å². The van der Waals surface area contributed by atoms with Crippen LogP contribution in [0.3, 0.4) is 0 Å². The largest absolute Gasteiger partial charge is 0.343 e. The molecule has 1 heterocycles. The highest BCUT2D eigenvalue weighted by Gasteiger charge is 2.02. The third-order valence-electron chi connectivity index (χ3n) is 2.04.